The number of nitrogens with one attached hydrogen (secondary N) is 2. The highest BCUT2D eigenvalue weighted by Crippen LogP contribution is 2.35. The number of ether oxygens (including phenoxy) is 2. The van der Waals surface area contributed by atoms with Gasteiger partial charge in [-0.05, 0) is 43.3 Å². The minimum atomic E-state index is -3.89. The summed E-state index contributed by atoms with van der Waals surface area (Å²) >= 11 is 6.25. The second-order valence-corrected chi connectivity index (χ2v) is 9.20. The van der Waals surface area contributed by atoms with Crippen molar-refractivity contribution in [2.45, 2.75) is 16.7 Å². The summed E-state index contributed by atoms with van der Waals surface area (Å²) in [6.45, 7) is 1.85. The lowest BCUT2D eigenvalue weighted by Crippen LogP contribution is -2.22. The Morgan fingerprint density at radius 3 is 2.55 bits per heavy atom. The zero-order chi connectivity index (χ0) is 22.0. The van der Waals surface area contributed by atoms with Gasteiger partial charge in [-0.1, -0.05) is 35.4 Å². The van der Waals surface area contributed by atoms with Crippen molar-refractivity contribution < 1.29 is 22.7 Å². The van der Waals surface area contributed by atoms with E-state index in [2.05, 4.69) is 10.6 Å². The maximum Gasteiger partial charge on any atom is 0.243 e. The third-order valence-corrected chi connectivity index (χ3v) is 6.96. The number of anilines is 2. The average Bonchev–Trinajstić information content (AvgIpc) is 3.20. The molecule has 9 heteroatoms. The van der Waals surface area contributed by atoms with Gasteiger partial charge in [0, 0.05) is 11.8 Å². The first kappa shape index (κ1) is 21.0. The Labute approximate surface area is 184 Å². The fourth-order valence-electron chi connectivity index (χ4n) is 3.11. The molecule has 0 atom stereocenters. The van der Waals surface area contributed by atoms with E-state index in [1.54, 1.807) is 42.5 Å². The zero-order valence-corrected chi connectivity index (χ0v) is 18.1. The highest BCUT2D eigenvalue weighted by Gasteiger charge is 2.25. The SMILES string of the molecule is Cc1ccc(S(=O)(=O)c2c(Cl)cccc2NCC(=O)Nc2ccc3c(c2)OCO3)cc1. The van der Waals surface area contributed by atoms with Crippen LogP contribution >= 0.6 is 11.6 Å². The van der Waals surface area contributed by atoms with Gasteiger partial charge in [0.1, 0.15) is 4.90 Å². The van der Waals surface area contributed by atoms with Gasteiger partial charge in [-0.25, -0.2) is 8.42 Å². The van der Waals surface area contributed by atoms with Crippen molar-refractivity contribution in [2.24, 2.45) is 0 Å². The first-order chi connectivity index (χ1) is 14.8. The van der Waals surface area contributed by atoms with Crippen molar-refractivity contribution in [1.82, 2.24) is 0 Å². The summed E-state index contributed by atoms with van der Waals surface area (Å²) in [6.07, 6.45) is 0. The number of sulfone groups is 1. The van der Waals surface area contributed by atoms with Crippen LogP contribution in [0.4, 0.5) is 11.4 Å². The number of rotatable bonds is 6. The number of hydrogen-bond donors (Lipinski definition) is 2. The molecule has 1 heterocycles. The van der Waals surface area contributed by atoms with E-state index in [1.807, 2.05) is 6.92 Å². The molecule has 4 rings (SSSR count). The highest BCUT2D eigenvalue weighted by atomic mass is 35.5. The predicted octanol–water partition coefficient (Wildman–Crippen LogP) is 4.26. The van der Waals surface area contributed by atoms with Crippen LogP contribution in [0.15, 0.2) is 70.5 Å². The molecule has 0 spiro atoms. The molecule has 0 saturated carbocycles. The summed E-state index contributed by atoms with van der Waals surface area (Å²) in [6, 6.07) is 16.2. The molecule has 1 aliphatic heterocycles. The van der Waals surface area contributed by atoms with Gasteiger partial charge in [-0.2, -0.15) is 0 Å². The first-order valence-corrected chi connectivity index (χ1v) is 11.2. The smallest absolute Gasteiger partial charge is 0.243 e. The van der Waals surface area contributed by atoms with Crippen molar-refractivity contribution in [3.8, 4) is 11.5 Å². The van der Waals surface area contributed by atoms with Crippen LogP contribution in [0.5, 0.6) is 11.5 Å². The number of amides is 1. The van der Waals surface area contributed by atoms with Crippen LogP contribution in [0.25, 0.3) is 0 Å². The topological polar surface area (TPSA) is 93.7 Å². The Balaban J connectivity index is 1.52. The third kappa shape index (κ3) is 4.45. The van der Waals surface area contributed by atoms with Crippen molar-refractivity contribution >= 4 is 38.7 Å². The molecule has 1 amide bonds. The number of halogens is 1. The van der Waals surface area contributed by atoms with Crippen molar-refractivity contribution in [2.75, 3.05) is 24.0 Å². The largest absolute Gasteiger partial charge is 0.454 e. The van der Waals surface area contributed by atoms with E-state index in [9.17, 15) is 13.2 Å². The Morgan fingerprint density at radius 2 is 1.77 bits per heavy atom. The molecule has 0 fully saturated rings. The maximum atomic E-state index is 13.2. The summed E-state index contributed by atoms with van der Waals surface area (Å²) < 4.78 is 36.9. The molecule has 0 saturated heterocycles. The van der Waals surface area contributed by atoms with Crippen molar-refractivity contribution in [3.05, 3.63) is 71.2 Å². The maximum absolute atomic E-state index is 13.2. The van der Waals surface area contributed by atoms with E-state index in [4.69, 9.17) is 21.1 Å². The quantitative estimate of drug-likeness (QED) is 0.573. The molecule has 1 aliphatic rings. The number of carbonyl (C=O) groups is 1. The Kier molecular flexibility index (Phi) is 5.75. The monoisotopic (exact) mass is 458 g/mol. The third-order valence-electron chi connectivity index (χ3n) is 4.66. The average molecular weight is 459 g/mol. The summed E-state index contributed by atoms with van der Waals surface area (Å²) in [7, 11) is -3.89. The number of aryl methyl sites for hydroxylation is 1. The Hall–Kier alpha value is -3.23. The second-order valence-electron chi connectivity index (χ2n) is 6.90. The standard InChI is InChI=1S/C22H19ClN2O5S/c1-14-5-8-16(9-6-14)31(27,28)22-17(23)3-2-4-18(22)24-12-21(26)25-15-7-10-19-20(11-15)30-13-29-19/h2-11,24H,12-13H2,1H3,(H,25,26). The van der Waals surface area contributed by atoms with Gasteiger partial charge in [-0.15, -0.1) is 0 Å². The summed E-state index contributed by atoms with van der Waals surface area (Å²) in [5.74, 6) is 0.797. The minimum absolute atomic E-state index is 0.0711. The summed E-state index contributed by atoms with van der Waals surface area (Å²) in [5, 5.41) is 5.69. The van der Waals surface area contributed by atoms with Crippen LogP contribution in [-0.4, -0.2) is 27.7 Å². The van der Waals surface area contributed by atoms with Crippen LogP contribution in [0.2, 0.25) is 5.02 Å². The van der Waals surface area contributed by atoms with Gasteiger partial charge in [0.2, 0.25) is 22.5 Å². The second kappa shape index (κ2) is 8.49. The van der Waals surface area contributed by atoms with Gasteiger partial charge in [0.05, 0.1) is 22.2 Å². The molecule has 0 aliphatic carbocycles. The van der Waals surface area contributed by atoms with E-state index >= 15 is 0 Å². The molecule has 31 heavy (non-hydrogen) atoms. The zero-order valence-electron chi connectivity index (χ0n) is 16.5. The lowest BCUT2D eigenvalue weighted by atomic mass is 10.2. The van der Waals surface area contributed by atoms with Crippen LogP contribution in [0.1, 0.15) is 5.56 Å². The van der Waals surface area contributed by atoms with Gasteiger partial charge < -0.3 is 20.1 Å². The van der Waals surface area contributed by atoms with E-state index in [0.717, 1.165) is 5.56 Å². The van der Waals surface area contributed by atoms with Crippen LogP contribution < -0.4 is 20.1 Å². The molecule has 0 aromatic heterocycles. The first-order valence-electron chi connectivity index (χ1n) is 9.38. The van der Waals surface area contributed by atoms with Crippen LogP contribution in [0, 0.1) is 6.92 Å². The fourth-order valence-corrected chi connectivity index (χ4v) is 5.08. The molecule has 7 nitrogen and oxygen atoms in total. The fraction of sp³-hybridized carbons (Fsp3) is 0.136. The molecule has 3 aromatic rings. The van der Waals surface area contributed by atoms with Gasteiger partial charge >= 0.3 is 0 Å². The van der Waals surface area contributed by atoms with Gasteiger partial charge in [0.15, 0.2) is 11.5 Å². The molecule has 0 radical (unpaired) electrons. The predicted molar refractivity (Wildman–Crippen MR) is 118 cm³/mol. The minimum Gasteiger partial charge on any atom is -0.454 e. The normalized spacial score (nSPS) is 12.5. The van der Waals surface area contributed by atoms with Crippen LogP contribution in [-0.2, 0) is 14.6 Å². The molecule has 160 valence electrons. The Morgan fingerprint density at radius 1 is 1.03 bits per heavy atom. The molecular formula is C22H19ClN2O5S. The summed E-state index contributed by atoms with van der Waals surface area (Å²) in [4.78, 5) is 12.5. The molecule has 0 bridgehead atoms. The molecule has 2 N–H and O–H groups in total. The van der Waals surface area contributed by atoms with E-state index in [-0.39, 0.29) is 39.7 Å². The number of carbonyl (C=O) groups excluding carboxylic acids is 1. The lowest BCUT2D eigenvalue weighted by Gasteiger charge is -2.14. The number of fused-ring (bicyclic) bond motifs is 1. The lowest BCUT2D eigenvalue weighted by molar-refractivity contribution is -0.114. The van der Waals surface area contributed by atoms with E-state index < -0.39 is 9.84 Å². The van der Waals surface area contributed by atoms with Crippen molar-refractivity contribution in [1.29, 1.82) is 0 Å². The summed E-state index contributed by atoms with van der Waals surface area (Å²) in [5.41, 5.74) is 1.72. The number of benzene rings is 3. The highest BCUT2D eigenvalue weighted by molar-refractivity contribution is 7.91. The Bertz CT molecular complexity index is 1240. The van der Waals surface area contributed by atoms with E-state index in [1.165, 1.54) is 18.2 Å². The molecule has 0 unspecified atom stereocenters. The molecule has 3 aromatic carbocycles. The number of hydrogen-bond acceptors (Lipinski definition) is 6. The van der Waals surface area contributed by atoms with Gasteiger partial charge in [-0.3, -0.25) is 4.79 Å². The van der Waals surface area contributed by atoms with Crippen molar-refractivity contribution in [3.63, 3.8) is 0 Å². The molecular weight excluding hydrogens is 440 g/mol. The van der Waals surface area contributed by atoms with E-state index in [0.29, 0.717) is 17.2 Å². The van der Waals surface area contributed by atoms with Gasteiger partial charge in [0.25, 0.3) is 0 Å². The van der Waals surface area contributed by atoms with Crippen LogP contribution in [0.3, 0.4) is 0 Å².